The van der Waals surface area contributed by atoms with Gasteiger partial charge in [0.2, 0.25) is 5.91 Å². The molecule has 0 bridgehead atoms. The molecule has 2 rings (SSSR count). The highest BCUT2D eigenvalue weighted by atomic mass is 79.9. The van der Waals surface area contributed by atoms with Gasteiger partial charge in [0.25, 0.3) is 0 Å². The molecule has 0 aromatic heterocycles. The molecule has 0 aromatic rings. The molecule has 86 valence electrons. The SMILES string of the molecule is O=C(NC1CCC(CBr)CC1)C1CCC1. The molecule has 0 unspecified atom stereocenters. The second-order valence-corrected chi connectivity index (χ2v) is 5.66. The molecule has 0 aliphatic heterocycles. The number of carbonyl (C=O) groups excluding carboxylic acids is 1. The Morgan fingerprint density at radius 2 is 1.80 bits per heavy atom. The molecule has 2 fully saturated rings. The first-order valence-corrected chi connectivity index (χ1v) is 7.28. The molecule has 2 aliphatic rings. The Hall–Kier alpha value is -0.0500. The largest absolute Gasteiger partial charge is 0.353 e. The van der Waals surface area contributed by atoms with Crippen molar-refractivity contribution in [1.29, 1.82) is 0 Å². The van der Waals surface area contributed by atoms with Gasteiger partial charge < -0.3 is 5.32 Å². The molecule has 2 saturated carbocycles. The fourth-order valence-electron chi connectivity index (χ4n) is 2.45. The highest BCUT2D eigenvalue weighted by Gasteiger charge is 2.28. The van der Waals surface area contributed by atoms with Crippen molar-refractivity contribution < 1.29 is 4.79 Å². The van der Waals surface area contributed by atoms with E-state index in [4.69, 9.17) is 0 Å². The van der Waals surface area contributed by atoms with Crippen LogP contribution in [0.25, 0.3) is 0 Å². The van der Waals surface area contributed by atoms with E-state index in [-0.39, 0.29) is 0 Å². The Labute approximate surface area is 100 Å². The van der Waals surface area contributed by atoms with E-state index in [1.54, 1.807) is 0 Å². The highest BCUT2D eigenvalue weighted by molar-refractivity contribution is 9.09. The number of nitrogens with one attached hydrogen (secondary N) is 1. The minimum Gasteiger partial charge on any atom is -0.353 e. The molecular formula is C12H20BrNO. The third-order valence-electron chi connectivity index (χ3n) is 3.89. The molecule has 3 heteroatoms. The second-order valence-electron chi connectivity index (χ2n) is 5.01. The normalized spacial score (nSPS) is 32.1. The summed E-state index contributed by atoms with van der Waals surface area (Å²) in [5.41, 5.74) is 0. The van der Waals surface area contributed by atoms with Crippen molar-refractivity contribution in [2.75, 3.05) is 5.33 Å². The van der Waals surface area contributed by atoms with Gasteiger partial charge in [-0.05, 0) is 44.4 Å². The smallest absolute Gasteiger partial charge is 0.223 e. The first-order valence-electron chi connectivity index (χ1n) is 6.16. The van der Waals surface area contributed by atoms with E-state index >= 15 is 0 Å². The van der Waals surface area contributed by atoms with E-state index in [2.05, 4.69) is 21.2 Å². The number of amides is 1. The molecule has 15 heavy (non-hydrogen) atoms. The van der Waals surface area contributed by atoms with Gasteiger partial charge in [-0.3, -0.25) is 4.79 Å². The van der Waals surface area contributed by atoms with E-state index < -0.39 is 0 Å². The summed E-state index contributed by atoms with van der Waals surface area (Å²) in [5.74, 6) is 1.50. The average Bonchev–Trinajstić information content (AvgIpc) is 2.16. The highest BCUT2D eigenvalue weighted by Crippen LogP contribution is 2.29. The maximum absolute atomic E-state index is 11.7. The lowest BCUT2D eigenvalue weighted by molar-refractivity contribution is -0.128. The Bertz CT molecular complexity index is 220. The minimum absolute atomic E-state index is 0.323. The number of alkyl halides is 1. The van der Waals surface area contributed by atoms with Gasteiger partial charge in [-0.2, -0.15) is 0 Å². The third-order valence-corrected chi connectivity index (χ3v) is 4.80. The summed E-state index contributed by atoms with van der Waals surface area (Å²) in [6.45, 7) is 0. The van der Waals surface area contributed by atoms with Crippen molar-refractivity contribution in [3.05, 3.63) is 0 Å². The maximum Gasteiger partial charge on any atom is 0.223 e. The average molecular weight is 274 g/mol. The van der Waals surface area contributed by atoms with Crippen LogP contribution in [0.3, 0.4) is 0 Å². The minimum atomic E-state index is 0.323. The van der Waals surface area contributed by atoms with Crippen LogP contribution in [-0.4, -0.2) is 17.3 Å². The summed E-state index contributed by atoms with van der Waals surface area (Å²) in [4.78, 5) is 11.7. The fourth-order valence-corrected chi connectivity index (χ4v) is 3.10. The van der Waals surface area contributed by atoms with Crippen molar-refractivity contribution in [2.45, 2.75) is 51.0 Å². The second kappa shape index (κ2) is 5.33. The summed E-state index contributed by atoms with van der Waals surface area (Å²) < 4.78 is 0. The summed E-state index contributed by atoms with van der Waals surface area (Å²) >= 11 is 3.54. The van der Waals surface area contributed by atoms with E-state index in [1.165, 1.54) is 32.1 Å². The zero-order valence-corrected chi connectivity index (χ0v) is 10.8. The summed E-state index contributed by atoms with van der Waals surface area (Å²) in [7, 11) is 0. The van der Waals surface area contributed by atoms with Gasteiger partial charge in [-0.1, -0.05) is 22.4 Å². The molecule has 0 saturated heterocycles. The third kappa shape index (κ3) is 2.96. The van der Waals surface area contributed by atoms with Crippen molar-refractivity contribution in [2.24, 2.45) is 11.8 Å². The van der Waals surface area contributed by atoms with Crippen LogP contribution >= 0.6 is 15.9 Å². The van der Waals surface area contributed by atoms with Crippen molar-refractivity contribution in [3.8, 4) is 0 Å². The van der Waals surface area contributed by atoms with E-state index in [1.807, 2.05) is 0 Å². The van der Waals surface area contributed by atoms with Crippen LogP contribution in [0.4, 0.5) is 0 Å². The lowest BCUT2D eigenvalue weighted by Gasteiger charge is -2.31. The Morgan fingerprint density at radius 1 is 1.13 bits per heavy atom. The van der Waals surface area contributed by atoms with E-state index in [0.29, 0.717) is 17.9 Å². The maximum atomic E-state index is 11.7. The predicted molar refractivity (Wildman–Crippen MR) is 65.0 cm³/mol. The van der Waals surface area contributed by atoms with Crippen LogP contribution in [0.15, 0.2) is 0 Å². The first-order chi connectivity index (χ1) is 7.29. The monoisotopic (exact) mass is 273 g/mol. The van der Waals surface area contributed by atoms with Crippen molar-refractivity contribution in [3.63, 3.8) is 0 Å². The van der Waals surface area contributed by atoms with Crippen LogP contribution in [-0.2, 0) is 4.79 Å². The zero-order valence-electron chi connectivity index (χ0n) is 9.18. The molecule has 0 radical (unpaired) electrons. The van der Waals surface area contributed by atoms with E-state index in [9.17, 15) is 4.79 Å². The standard InChI is InChI=1S/C12H20BrNO/c13-8-9-4-6-11(7-5-9)14-12(15)10-2-1-3-10/h9-11H,1-8H2,(H,14,15). The first kappa shape index (κ1) is 11.4. The molecule has 1 N–H and O–H groups in total. The zero-order chi connectivity index (χ0) is 10.7. The van der Waals surface area contributed by atoms with Crippen LogP contribution in [0.5, 0.6) is 0 Å². The molecule has 2 aliphatic carbocycles. The van der Waals surface area contributed by atoms with Crippen LogP contribution in [0.2, 0.25) is 0 Å². The van der Waals surface area contributed by atoms with Gasteiger partial charge in [0.05, 0.1) is 0 Å². The molecule has 0 atom stereocenters. The quantitative estimate of drug-likeness (QED) is 0.788. The van der Waals surface area contributed by atoms with Crippen LogP contribution in [0, 0.1) is 11.8 Å². The number of rotatable bonds is 3. The molecule has 0 heterocycles. The number of carbonyl (C=O) groups is 1. The number of hydrogen-bond acceptors (Lipinski definition) is 1. The number of hydrogen-bond donors (Lipinski definition) is 1. The van der Waals surface area contributed by atoms with Crippen molar-refractivity contribution >= 4 is 21.8 Å². The van der Waals surface area contributed by atoms with Gasteiger partial charge in [0.1, 0.15) is 0 Å². The number of halogens is 1. The molecular weight excluding hydrogens is 254 g/mol. The van der Waals surface area contributed by atoms with Crippen molar-refractivity contribution in [1.82, 2.24) is 5.32 Å². The lowest BCUT2D eigenvalue weighted by Crippen LogP contribution is -2.42. The fraction of sp³-hybridized carbons (Fsp3) is 0.917. The summed E-state index contributed by atoms with van der Waals surface area (Å²) in [5, 5.41) is 4.33. The lowest BCUT2D eigenvalue weighted by atomic mass is 9.83. The van der Waals surface area contributed by atoms with Crippen LogP contribution < -0.4 is 5.32 Å². The predicted octanol–water partition coefficient (Wildman–Crippen LogP) is 2.86. The Balaban J connectivity index is 1.69. The van der Waals surface area contributed by atoms with Gasteiger partial charge in [0.15, 0.2) is 0 Å². The Morgan fingerprint density at radius 3 is 2.27 bits per heavy atom. The van der Waals surface area contributed by atoms with Gasteiger partial charge >= 0.3 is 0 Å². The van der Waals surface area contributed by atoms with Gasteiger partial charge in [0, 0.05) is 17.3 Å². The Kier molecular flexibility index (Phi) is 4.06. The molecule has 1 amide bonds. The van der Waals surface area contributed by atoms with Gasteiger partial charge in [-0.25, -0.2) is 0 Å². The topological polar surface area (TPSA) is 29.1 Å². The molecule has 0 aromatic carbocycles. The van der Waals surface area contributed by atoms with Crippen LogP contribution in [0.1, 0.15) is 44.9 Å². The van der Waals surface area contributed by atoms with E-state index in [0.717, 1.165) is 24.1 Å². The summed E-state index contributed by atoms with van der Waals surface area (Å²) in [6.07, 6.45) is 8.35. The molecule has 2 nitrogen and oxygen atoms in total. The van der Waals surface area contributed by atoms with Gasteiger partial charge in [-0.15, -0.1) is 0 Å². The molecule has 0 spiro atoms. The summed E-state index contributed by atoms with van der Waals surface area (Å²) in [6, 6.07) is 0.466.